The summed E-state index contributed by atoms with van der Waals surface area (Å²) in [5, 5.41) is 9.17. The third-order valence-electron chi connectivity index (χ3n) is 3.02. The third kappa shape index (κ3) is 4.59. The molecule has 0 saturated heterocycles. The van der Waals surface area contributed by atoms with E-state index < -0.39 is 0 Å². The van der Waals surface area contributed by atoms with Gasteiger partial charge in [-0.15, -0.1) is 0 Å². The van der Waals surface area contributed by atoms with Gasteiger partial charge >= 0.3 is 0 Å². The highest BCUT2D eigenvalue weighted by Crippen LogP contribution is 2.18. The molecule has 1 rings (SSSR count). The number of carbonyl (C=O) groups is 1. The molecule has 1 atom stereocenters. The highest BCUT2D eigenvalue weighted by atomic mass is 16.3. The maximum Gasteiger partial charge on any atom is 0.165 e. The van der Waals surface area contributed by atoms with E-state index in [9.17, 15) is 4.79 Å². The number of hydrogen-bond acceptors (Lipinski definition) is 2. The van der Waals surface area contributed by atoms with Crippen LogP contribution in [-0.4, -0.2) is 10.9 Å². The van der Waals surface area contributed by atoms with Gasteiger partial charge < -0.3 is 5.11 Å². The number of Topliss-reactive ketones (excluding diaryl/α,β-unsaturated/α-hetero) is 1. The number of aromatic hydroxyl groups is 1. The molecular weight excluding hydrogens is 212 g/mol. The molecule has 0 amide bonds. The van der Waals surface area contributed by atoms with Crippen molar-refractivity contribution in [2.24, 2.45) is 11.8 Å². The van der Waals surface area contributed by atoms with Crippen LogP contribution >= 0.6 is 0 Å². The van der Waals surface area contributed by atoms with Crippen molar-refractivity contribution in [1.29, 1.82) is 0 Å². The molecule has 0 fully saturated rings. The Bertz CT molecular complexity index is 352. The Balaban J connectivity index is 2.49. The molecule has 0 saturated carbocycles. The van der Waals surface area contributed by atoms with Gasteiger partial charge in [0.1, 0.15) is 5.75 Å². The topological polar surface area (TPSA) is 37.3 Å². The average Bonchev–Trinajstić information content (AvgIpc) is 2.28. The standard InChI is InChI=1S/C15H22O2/c1-11(2)5-4-6-12(3)15(17)13-7-9-14(16)10-8-13/h7-12,16H,4-6H2,1-3H3. The summed E-state index contributed by atoms with van der Waals surface area (Å²) in [6, 6.07) is 6.51. The van der Waals surface area contributed by atoms with E-state index in [1.807, 2.05) is 6.92 Å². The van der Waals surface area contributed by atoms with Crippen molar-refractivity contribution in [3.8, 4) is 5.75 Å². The summed E-state index contributed by atoms with van der Waals surface area (Å²) in [5.74, 6) is 1.15. The van der Waals surface area contributed by atoms with E-state index in [4.69, 9.17) is 5.11 Å². The van der Waals surface area contributed by atoms with Crippen LogP contribution in [0.25, 0.3) is 0 Å². The van der Waals surface area contributed by atoms with Crippen molar-refractivity contribution in [3.05, 3.63) is 29.8 Å². The highest BCUT2D eigenvalue weighted by Gasteiger charge is 2.14. The fraction of sp³-hybridized carbons (Fsp3) is 0.533. The Labute approximate surface area is 104 Å². The first kappa shape index (κ1) is 13.8. The SMILES string of the molecule is CC(C)CCCC(C)C(=O)c1ccc(O)cc1. The molecule has 0 aliphatic carbocycles. The van der Waals surface area contributed by atoms with Crippen LogP contribution in [-0.2, 0) is 0 Å². The molecule has 1 N–H and O–H groups in total. The van der Waals surface area contributed by atoms with Gasteiger partial charge in [-0.2, -0.15) is 0 Å². The van der Waals surface area contributed by atoms with Gasteiger partial charge in [0, 0.05) is 11.5 Å². The minimum Gasteiger partial charge on any atom is -0.508 e. The van der Waals surface area contributed by atoms with E-state index in [2.05, 4.69) is 13.8 Å². The molecule has 0 radical (unpaired) electrons. The summed E-state index contributed by atoms with van der Waals surface area (Å²) in [4.78, 5) is 12.1. The number of phenolic OH excluding ortho intramolecular Hbond substituents is 1. The second-order valence-electron chi connectivity index (χ2n) is 5.14. The fourth-order valence-electron chi connectivity index (χ4n) is 1.87. The molecule has 0 bridgehead atoms. The van der Waals surface area contributed by atoms with Crippen LogP contribution in [0.15, 0.2) is 24.3 Å². The van der Waals surface area contributed by atoms with Gasteiger partial charge in [0.2, 0.25) is 0 Å². The minimum atomic E-state index is 0.0679. The van der Waals surface area contributed by atoms with Crippen LogP contribution in [0.4, 0.5) is 0 Å². The lowest BCUT2D eigenvalue weighted by molar-refractivity contribution is 0.0921. The van der Waals surface area contributed by atoms with Crippen molar-refractivity contribution in [2.75, 3.05) is 0 Å². The van der Waals surface area contributed by atoms with E-state index in [0.29, 0.717) is 11.5 Å². The maximum absolute atomic E-state index is 12.1. The summed E-state index contributed by atoms with van der Waals surface area (Å²) in [7, 11) is 0. The van der Waals surface area contributed by atoms with Crippen molar-refractivity contribution in [1.82, 2.24) is 0 Å². The molecule has 1 aromatic carbocycles. The van der Waals surface area contributed by atoms with E-state index in [1.165, 1.54) is 6.42 Å². The van der Waals surface area contributed by atoms with Gasteiger partial charge in [0.05, 0.1) is 0 Å². The molecule has 1 unspecified atom stereocenters. The molecule has 0 aliphatic rings. The molecule has 94 valence electrons. The molecule has 2 heteroatoms. The number of rotatable bonds is 6. The second-order valence-corrected chi connectivity index (χ2v) is 5.14. The Morgan fingerprint density at radius 1 is 1.12 bits per heavy atom. The van der Waals surface area contributed by atoms with Crippen molar-refractivity contribution in [2.45, 2.75) is 40.0 Å². The lowest BCUT2D eigenvalue weighted by Crippen LogP contribution is -2.11. The lowest BCUT2D eigenvalue weighted by Gasteiger charge is -2.11. The van der Waals surface area contributed by atoms with E-state index in [1.54, 1.807) is 24.3 Å². The molecule has 17 heavy (non-hydrogen) atoms. The van der Waals surface area contributed by atoms with Gasteiger partial charge in [0.15, 0.2) is 5.78 Å². The number of benzene rings is 1. The summed E-state index contributed by atoms with van der Waals surface area (Å²) in [6.45, 7) is 6.38. The molecular formula is C15H22O2. The van der Waals surface area contributed by atoms with Crippen molar-refractivity contribution < 1.29 is 9.90 Å². The van der Waals surface area contributed by atoms with Crippen molar-refractivity contribution in [3.63, 3.8) is 0 Å². The van der Waals surface area contributed by atoms with E-state index >= 15 is 0 Å². The largest absolute Gasteiger partial charge is 0.508 e. The summed E-state index contributed by atoms with van der Waals surface area (Å²) in [5.41, 5.74) is 0.694. The minimum absolute atomic E-state index is 0.0679. The zero-order valence-electron chi connectivity index (χ0n) is 10.9. The number of ketones is 1. The van der Waals surface area contributed by atoms with Crippen molar-refractivity contribution >= 4 is 5.78 Å². The first-order valence-electron chi connectivity index (χ1n) is 6.34. The van der Waals surface area contributed by atoms with Crippen LogP contribution in [0, 0.1) is 11.8 Å². The van der Waals surface area contributed by atoms with Crippen LogP contribution in [0.3, 0.4) is 0 Å². The molecule has 0 heterocycles. The second kappa shape index (κ2) is 6.43. The third-order valence-corrected chi connectivity index (χ3v) is 3.02. The lowest BCUT2D eigenvalue weighted by atomic mass is 9.93. The smallest absolute Gasteiger partial charge is 0.165 e. The van der Waals surface area contributed by atoms with Crippen LogP contribution < -0.4 is 0 Å². The predicted molar refractivity (Wildman–Crippen MR) is 70.3 cm³/mol. The van der Waals surface area contributed by atoms with Gasteiger partial charge in [0.25, 0.3) is 0 Å². The quantitative estimate of drug-likeness (QED) is 0.754. The molecule has 0 aromatic heterocycles. The molecule has 2 nitrogen and oxygen atoms in total. The predicted octanol–water partition coefficient (Wildman–Crippen LogP) is 4.04. The first-order valence-corrected chi connectivity index (χ1v) is 6.34. The Morgan fingerprint density at radius 3 is 2.24 bits per heavy atom. The molecule has 1 aromatic rings. The molecule has 0 aliphatic heterocycles. The van der Waals surface area contributed by atoms with Gasteiger partial charge in [-0.25, -0.2) is 0 Å². The van der Waals surface area contributed by atoms with E-state index in [0.717, 1.165) is 12.8 Å². The Kier molecular flexibility index (Phi) is 5.20. The first-order chi connectivity index (χ1) is 8.00. The van der Waals surface area contributed by atoms with Crippen LogP contribution in [0.1, 0.15) is 50.4 Å². The number of carbonyl (C=O) groups excluding carboxylic acids is 1. The maximum atomic E-state index is 12.1. The summed E-state index contributed by atoms with van der Waals surface area (Å²) >= 11 is 0. The zero-order chi connectivity index (χ0) is 12.8. The Hall–Kier alpha value is -1.31. The normalized spacial score (nSPS) is 12.7. The van der Waals surface area contributed by atoms with Gasteiger partial charge in [-0.05, 0) is 36.6 Å². The summed E-state index contributed by atoms with van der Waals surface area (Å²) in [6.07, 6.45) is 3.22. The number of phenols is 1. The van der Waals surface area contributed by atoms with Crippen LogP contribution in [0.2, 0.25) is 0 Å². The monoisotopic (exact) mass is 234 g/mol. The number of hydrogen-bond donors (Lipinski definition) is 1. The highest BCUT2D eigenvalue weighted by molar-refractivity contribution is 5.97. The Morgan fingerprint density at radius 2 is 1.71 bits per heavy atom. The fourth-order valence-corrected chi connectivity index (χ4v) is 1.87. The molecule has 0 spiro atoms. The van der Waals surface area contributed by atoms with E-state index in [-0.39, 0.29) is 17.5 Å². The van der Waals surface area contributed by atoms with Crippen LogP contribution in [0.5, 0.6) is 5.75 Å². The van der Waals surface area contributed by atoms with Gasteiger partial charge in [-0.3, -0.25) is 4.79 Å². The summed E-state index contributed by atoms with van der Waals surface area (Å²) < 4.78 is 0. The average molecular weight is 234 g/mol. The van der Waals surface area contributed by atoms with Gasteiger partial charge in [-0.1, -0.05) is 33.6 Å². The zero-order valence-corrected chi connectivity index (χ0v) is 10.9.